The first-order valence-electron chi connectivity index (χ1n) is 6.24. The number of nitrogens with one attached hydrogen (secondary N) is 2. The molecule has 3 rings (SSSR count). The Morgan fingerprint density at radius 2 is 2.37 bits per heavy atom. The van der Waals surface area contributed by atoms with E-state index in [0.717, 1.165) is 12.1 Å². The molecule has 0 spiro atoms. The number of para-hydroxylation sites is 1. The maximum Gasteiger partial charge on any atom is 0.292 e. The van der Waals surface area contributed by atoms with Gasteiger partial charge < -0.3 is 15.2 Å². The molecule has 2 N–H and O–H groups in total. The van der Waals surface area contributed by atoms with E-state index in [9.17, 15) is 4.79 Å². The number of aromatic nitrogens is 2. The van der Waals surface area contributed by atoms with Gasteiger partial charge in [0.2, 0.25) is 5.89 Å². The molecule has 98 valence electrons. The van der Waals surface area contributed by atoms with Crippen LogP contribution < -0.4 is 10.6 Å². The molecule has 0 radical (unpaired) electrons. The lowest BCUT2D eigenvalue weighted by Crippen LogP contribution is -2.23. The highest BCUT2D eigenvalue weighted by Gasteiger charge is 2.27. The first-order chi connectivity index (χ1) is 9.28. The number of amides is 1. The van der Waals surface area contributed by atoms with E-state index in [4.69, 9.17) is 4.52 Å². The second kappa shape index (κ2) is 4.72. The maximum atomic E-state index is 11.6. The second-order valence-corrected chi connectivity index (χ2v) is 4.37. The minimum atomic E-state index is -0.312. The number of anilines is 1. The molecule has 1 aromatic heterocycles. The standard InChI is InChI=1S/C13H14N4O2/c1-2-14-12(18)11-16-13(19-17-11)10-7-8-5-3-4-6-9(8)15-10/h3-6,10,15H,2,7H2,1H3,(H,14,18)/t10-/m0/s1. The van der Waals surface area contributed by atoms with E-state index in [-0.39, 0.29) is 17.8 Å². The van der Waals surface area contributed by atoms with Crippen molar-refractivity contribution in [1.29, 1.82) is 0 Å². The lowest BCUT2D eigenvalue weighted by atomic mass is 10.1. The van der Waals surface area contributed by atoms with Gasteiger partial charge in [-0.2, -0.15) is 4.98 Å². The molecule has 0 aliphatic carbocycles. The van der Waals surface area contributed by atoms with Crippen LogP contribution in [0.25, 0.3) is 0 Å². The van der Waals surface area contributed by atoms with Crippen molar-refractivity contribution in [3.8, 4) is 0 Å². The molecule has 19 heavy (non-hydrogen) atoms. The van der Waals surface area contributed by atoms with E-state index < -0.39 is 0 Å². The van der Waals surface area contributed by atoms with Crippen LogP contribution in [0.4, 0.5) is 5.69 Å². The van der Waals surface area contributed by atoms with Gasteiger partial charge >= 0.3 is 0 Å². The highest BCUT2D eigenvalue weighted by molar-refractivity contribution is 5.90. The van der Waals surface area contributed by atoms with E-state index in [0.29, 0.717) is 12.4 Å². The summed E-state index contributed by atoms with van der Waals surface area (Å²) in [5.41, 5.74) is 2.29. The zero-order chi connectivity index (χ0) is 13.2. The summed E-state index contributed by atoms with van der Waals surface area (Å²) < 4.78 is 5.16. The Kier molecular flexibility index (Phi) is 2.91. The van der Waals surface area contributed by atoms with Crippen LogP contribution in [0.1, 0.15) is 35.0 Å². The smallest absolute Gasteiger partial charge is 0.292 e. The lowest BCUT2D eigenvalue weighted by Gasteiger charge is -2.04. The quantitative estimate of drug-likeness (QED) is 0.872. The molecule has 1 amide bonds. The molecule has 1 atom stereocenters. The number of carbonyl (C=O) groups excluding carboxylic acids is 1. The van der Waals surface area contributed by atoms with Gasteiger partial charge in [0.25, 0.3) is 11.7 Å². The number of hydrogen-bond acceptors (Lipinski definition) is 5. The van der Waals surface area contributed by atoms with Crippen LogP contribution in [0.3, 0.4) is 0 Å². The maximum absolute atomic E-state index is 11.6. The van der Waals surface area contributed by atoms with Gasteiger partial charge in [-0.25, -0.2) is 0 Å². The van der Waals surface area contributed by atoms with Crippen LogP contribution in [0.15, 0.2) is 28.8 Å². The van der Waals surface area contributed by atoms with Crippen molar-refractivity contribution in [2.45, 2.75) is 19.4 Å². The Morgan fingerprint density at radius 1 is 1.53 bits per heavy atom. The number of nitrogens with zero attached hydrogens (tertiary/aromatic N) is 2. The molecule has 1 aliphatic rings. The molecule has 2 aromatic rings. The molecule has 0 bridgehead atoms. The minimum Gasteiger partial charge on any atom is -0.373 e. The van der Waals surface area contributed by atoms with Gasteiger partial charge in [-0.1, -0.05) is 23.4 Å². The van der Waals surface area contributed by atoms with Crippen LogP contribution in [0, 0.1) is 0 Å². The van der Waals surface area contributed by atoms with E-state index in [1.165, 1.54) is 5.56 Å². The largest absolute Gasteiger partial charge is 0.373 e. The molecule has 6 nitrogen and oxygen atoms in total. The first kappa shape index (κ1) is 11.7. The van der Waals surface area contributed by atoms with Crippen molar-refractivity contribution in [2.75, 3.05) is 11.9 Å². The van der Waals surface area contributed by atoms with Crippen LogP contribution in [-0.4, -0.2) is 22.6 Å². The molecule has 0 saturated carbocycles. The van der Waals surface area contributed by atoms with Crippen molar-refractivity contribution in [1.82, 2.24) is 15.5 Å². The van der Waals surface area contributed by atoms with Crippen LogP contribution in [0.2, 0.25) is 0 Å². The van der Waals surface area contributed by atoms with Crippen molar-refractivity contribution in [2.24, 2.45) is 0 Å². The molecule has 0 saturated heterocycles. The van der Waals surface area contributed by atoms with E-state index >= 15 is 0 Å². The number of rotatable bonds is 3. The summed E-state index contributed by atoms with van der Waals surface area (Å²) in [7, 11) is 0. The third-order valence-electron chi connectivity index (χ3n) is 3.05. The average molecular weight is 258 g/mol. The van der Waals surface area contributed by atoms with Gasteiger partial charge in [0.1, 0.15) is 6.04 Å². The number of benzene rings is 1. The Morgan fingerprint density at radius 3 is 3.16 bits per heavy atom. The molecular formula is C13H14N4O2. The second-order valence-electron chi connectivity index (χ2n) is 4.37. The predicted octanol–water partition coefficient (Wildman–Crippen LogP) is 1.53. The van der Waals surface area contributed by atoms with Gasteiger partial charge in [-0.05, 0) is 18.6 Å². The molecular weight excluding hydrogens is 244 g/mol. The highest BCUT2D eigenvalue weighted by Crippen LogP contribution is 2.32. The third-order valence-corrected chi connectivity index (χ3v) is 3.05. The van der Waals surface area contributed by atoms with Crippen molar-refractivity contribution in [3.63, 3.8) is 0 Å². The Bertz CT molecular complexity index is 583. The van der Waals surface area contributed by atoms with Gasteiger partial charge in [-0.15, -0.1) is 0 Å². The predicted molar refractivity (Wildman–Crippen MR) is 68.8 cm³/mol. The monoisotopic (exact) mass is 258 g/mol. The topological polar surface area (TPSA) is 80.0 Å². The highest BCUT2D eigenvalue weighted by atomic mass is 16.5. The fourth-order valence-electron chi connectivity index (χ4n) is 2.16. The van der Waals surface area contributed by atoms with E-state index in [1.54, 1.807) is 0 Å². The molecule has 6 heteroatoms. The molecule has 1 aliphatic heterocycles. The van der Waals surface area contributed by atoms with Crippen molar-refractivity contribution < 1.29 is 9.32 Å². The summed E-state index contributed by atoms with van der Waals surface area (Å²) in [5, 5.41) is 9.65. The fourth-order valence-corrected chi connectivity index (χ4v) is 2.16. The summed E-state index contributed by atoms with van der Waals surface area (Å²) in [6.45, 7) is 2.38. The summed E-state index contributed by atoms with van der Waals surface area (Å²) >= 11 is 0. The van der Waals surface area contributed by atoms with Crippen LogP contribution in [-0.2, 0) is 6.42 Å². The van der Waals surface area contributed by atoms with Crippen LogP contribution in [0.5, 0.6) is 0 Å². The SMILES string of the molecule is CCNC(=O)c1noc([C@@H]2Cc3ccccc3N2)n1. The molecule has 0 unspecified atom stereocenters. The fraction of sp³-hybridized carbons (Fsp3) is 0.308. The minimum absolute atomic E-state index is 0.0620. The van der Waals surface area contributed by atoms with E-state index in [2.05, 4.69) is 26.8 Å². The normalized spacial score (nSPS) is 16.8. The van der Waals surface area contributed by atoms with Gasteiger partial charge in [0.15, 0.2) is 0 Å². The summed E-state index contributed by atoms with van der Waals surface area (Å²) in [6.07, 6.45) is 0.785. The number of carbonyl (C=O) groups is 1. The number of fused-ring (bicyclic) bond motifs is 1. The molecule has 1 aromatic carbocycles. The summed E-state index contributed by atoms with van der Waals surface area (Å²) in [6, 6.07) is 7.98. The van der Waals surface area contributed by atoms with Crippen molar-refractivity contribution >= 4 is 11.6 Å². The van der Waals surface area contributed by atoms with E-state index in [1.807, 2.05) is 25.1 Å². The molecule has 2 heterocycles. The Balaban J connectivity index is 1.77. The summed E-state index contributed by atoms with van der Waals surface area (Å²) in [5.74, 6) is 0.208. The Labute approximate surface area is 110 Å². The first-order valence-corrected chi connectivity index (χ1v) is 6.24. The third kappa shape index (κ3) is 2.16. The zero-order valence-electron chi connectivity index (χ0n) is 10.5. The van der Waals surface area contributed by atoms with Crippen LogP contribution >= 0.6 is 0 Å². The van der Waals surface area contributed by atoms with Crippen molar-refractivity contribution in [3.05, 3.63) is 41.5 Å². The van der Waals surface area contributed by atoms with Gasteiger partial charge in [0, 0.05) is 18.7 Å². The molecule has 0 fully saturated rings. The van der Waals surface area contributed by atoms with Gasteiger partial charge in [-0.3, -0.25) is 4.79 Å². The lowest BCUT2D eigenvalue weighted by molar-refractivity contribution is 0.0942. The van der Waals surface area contributed by atoms with Gasteiger partial charge in [0.05, 0.1) is 0 Å². The number of hydrogen-bond donors (Lipinski definition) is 2. The summed E-state index contributed by atoms with van der Waals surface area (Å²) in [4.78, 5) is 15.7. The Hall–Kier alpha value is -2.37. The zero-order valence-corrected chi connectivity index (χ0v) is 10.5. The average Bonchev–Trinajstić information content (AvgIpc) is 3.05.